The number of benzene rings is 2. The Morgan fingerprint density at radius 1 is 1.15 bits per heavy atom. The molecule has 4 rings (SSSR count). The molecule has 2 aromatic carbocycles. The first-order valence-electron chi connectivity index (χ1n) is 10.6. The van der Waals surface area contributed by atoms with Gasteiger partial charge in [-0.1, -0.05) is 53.8 Å². The minimum Gasteiger partial charge on any atom is -0.482 e. The summed E-state index contributed by atoms with van der Waals surface area (Å²) >= 11 is 1.24. The smallest absolute Gasteiger partial charge is 0.341 e. The highest BCUT2D eigenvalue weighted by atomic mass is 32.1. The van der Waals surface area contributed by atoms with E-state index in [-0.39, 0.29) is 12.2 Å². The van der Waals surface area contributed by atoms with E-state index in [0.717, 1.165) is 11.1 Å². The van der Waals surface area contributed by atoms with Crippen LogP contribution in [0.2, 0.25) is 0 Å². The zero-order valence-electron chi connectivity index (χ0n) is 18.6. The van der Waals surface area contributed by atoms with Gasteiger partial charge >= 0.3 is 11.9 Å². The molecule has 1 aliphatic rings. The van der Waals surface area contributed by atoms with Crippen LogP contribution in [0.1, 0.15) is 31.0 Å². The number of thiazole rings is 1. The Bertz CT molecular complexity index is 1440. The number of rotatable bonds is 7. The van der Waals surface area contributed by atoms with Crippen molar-refractivity contribution in [1.82, 2.24) is 4.57 Å². The largest absolute Gasteiger partial charge is 0.482 e. The van der Waals surface area contributed by atoms with Crippen LogP contribution in [-0.2, 0) is 14.3 Å². The lowest BCUT2D eigenvalue weighted by Crippen LogP contribution is -2.39. The molecule has 0 bridgehead atoms. The number of carbonyl (C=O) groups is 2. The maximum absolute atomic E-state index is 13.5. The summed E-state index contributed by atoms with van der Waals surface area (Å²) in [5.41, 5.74) is 2.11. The van der Waals surface area contributed by atoms with E-state index in [1.54, 1.807) is 44.2 Å². The average Bonchev–Trinajstić information content (AvgIpc) is 3.12. The van der Waals surface area contributed by atoms with Crippen LogP contribution in [0, 0.1) is 0 Å². The normalized spacial score (nSPS) is 15.5. The summed E-state index contributed by atoms with van der Waals surface area (Å²) in [7, 11) is 0. The third kappa shape index (κ3) is 4.69. The quantitative estimate of drug-likeness (QED) is 0.522. The van der Waals surface area contributed by atoms with E-state index in [0.29, 0.717) is 26.4 Å². The third-order valence-corrected chi connectivity index (χ3v) is 6.16. The molecule has 3 aromatic rings. The number of carboxylic acid groups (broad SMARTS) is 1. The summed E-state index contributed by atoms with van der Waals surface area (Å²) in [5, 5.41) is 8.73. The molecule has 1 aliphatic heterocycles. The van der Waals surface area contributed by atoms with E-state index in [1.807, 2.05) is 30.3 Å². The number of hydrogen-bond donors (Lipinski definition) is 1. The first-order valence-corrected chi connectivity index (χ1v) is 11.4. The van der Waals surface area contributed by atoms with Crippen molar-refractivity contribution in [1.29, 1.82) is 0 Å². The molecule has 0 fully saturated rings. The molecule has 0 radical (unpaired) electrons. The number of fused-ring (bicyclic) bond motifs is 1. The fourth-order valence-electron chi connectivity index (χ4n) is 3.70. The summed E-state index contributed by atoms with van der Waals surface area (Å²) in [6.45, 7) is 3.26. The van der Waals surface area contributed by atoms with Gasteiger partial charge in [0.2, 0.25) is 0 Å². The molecule has 9 heteroatoms. The van der Waals surface area contributed by atoms with E-state index in [9.17, 15) is 14.4 Å². The lowest BCUT2D eigenvalue weighted by atomic mass is 9.96. The van der Waals surface area contributed by atoms with Crippen LogP contribution in [-0.4, -0.2) is 34.8 Å². The maximum Gasteiger partial charge on any atom is 0.341 e. The second-order valence-electron chi connectivity index (χ2n) is 7.46. The average molecular weight is 479 g/mol. The van der Waals surface area contributed by atoms with Crippen molar-refractivity contribution in [2.75, 3.05) is 13.2 Å². The molecular formula is C25H22N2O6S. The van der Waals surface area contributed by atoms with Gasteiger partial charge in [0.25, 0.3) is 5.56 Å². The van der Waals surface area contributed by atoms with Crippen LogP contribution >= 0.6 is 11.3 Å². The van der Waals surface area contributed by atoms with Crippen molar-refractivity contribution in [3.05, 3.63) is 96.7 Å². The van der Waals surface area contributed by atoms with Gasteiger partial charge in [-0.3, -0.25) is 9.36 Å². The van der Waals surface area contributed by atoms with Crippen LogP contribution in [0.4, 0.5) is 0 Å². The van der Waals surface area contributed by atoms with Crippen LogP contribution in [0.15, 0.2) is 75.7 Å². The van der Waals surface area contributed by atoms with E-state index in [4.69, 9.17) is 14.6 Å². The number of aromatic nitrogens is 1. The molecule has 0 saturated carbocycles. The van der Waals surface area contributed by atoms with Gasteiger partial charge < -0.3 is 14.6 Å². The van der Waals surface area contributed by atoms with E-state index in [1.165, 1.54) is 15.9 Å². The molecule has 1 atom stereocenters. The number of ether oxygens (including phenoxy) is 2. The Kier molecular flexibility index (Phi) is 6.74. The fourth-order valence-corrected chi connectivity index (χ4v) is 4.75. The van der Waals surface area contributed by atoms with Gasteiger partial charge in [0, 0.05) is 0 Å². The number of esters is 1. The van der Waals surface area contributed by atoms with Crippen molar-refractivity contribution in [3.8, 4) is 5.75 Å². The minimum atomic E-state index is -1.06. The van der Waals surface area contributed by atoms with Crippen molar-refractivity contribution in [2.24, 2.45) is 4.99 Å². The second-order valence-corrected chi connectivity index (χ2v) is 8.47. The predicted molar refractivity (Wildman–Crippen MR) is 126 cm³/mol. The van der Waals surface area contributed by atoms with E-state index >= 15 is 0 Å². The highest BCUT2D eigenvalue weighted by Crippen LogP contribution is 2.30. The lowest BCUT2D eigenvalue weighted by Gasteiger charge is -2.24. The Hall–Kier alpha value is -3.98. The summed E-state index contributed by atoms with van der Waals surface area (Å²) in [4.78, 5) is 42.0. The molecule has 0 amide bonds. The minimum absolute atomic E-state index is 0.216. The van der Waals surface area contributed by atoms with Gasteiger partial charge in [-0.25, -0.2) is 14.6 Å². The van der Waals surface area contributed by atoms with Gasteiger partial charge in [0.05, 0.1) is 28.5 Å². The summed E-state index contributed by atoms with van der Waals surface area (Å²) < 4.78 is 12.4. The Morgan fingerprint density at radius 3 is 2.50 bits per heavy atom. The van der Waals surface area contributed by atoms with E-state index < -0.39 is 24.6 Å². The predicted octanol–water partition coefficient (Wildman–Crippen LogP) is 2.26. The molecule has 0 saturated heterocycles. The summed E-state index contributed by atoms with van der Waals surface area (Å²) in [5.74, 6) is -1.14. The molecule has 174 valence electrons. The van der Waals surface area contributed by atoms with Crippen LogP contribution in [0.5, 0.6) is 5.75 Å². The van der Waals surface area contributed by atoms with Crippen molar-refractivity contribution < 1.29 is 24.2 Å². The van der Waals surface area contributed by atoms with Crippen LogP contribution in [0.25, 0.3) is 6.08 Å². The Labute approximate surface area is 198 Å². The molecule has 1 N–H and O–H groups in total. The molecular weight excluding hydrogens is 456 g/mol. The molecule has 34 heavy (non-hydrogen) atoms. The van der Waals surface area contributed by atoms with Crippen LogP contribution < -0.4 is 19.6 Å². The maximum atomic E-state index is 13.5. The molecule has 0 unspecified atom stereocenters. The van der Waals surface area contributed by atoms with Gasteiger partial charge in [-0.05, 0) is 43.2 Å². The molecule has 0 aliphatic carbocycles. The van der Waals surface area contributed by atoms with Crippen LogP contribution in [0.3, 0.4) is 0 Å². The highest BCUT2D eigenvalue weighted by molar-refractivity contribution is 7.07. The molecule has 1 aromatic heterocycles. The van der Waals surface area contributed by atoms with Gasteiger partial charge in [-0.15, -0.1) is 0 Å². The number of aliphatic carboxylic acids is 1. The third-order valence-electron chi connectivity index (χ3n) is 5.17. The molecule has 0 spiro atoms. The van der Waals surface area contributed by atoms with Crippen molar-refractivity contribution in [2.45, 2.75) is 19.9 Å². The number of carboxylic acids is 1. The lowest BCUT2D eigenvalue weighted by molar-refractivity contribution is -0.140. The van der Waals surface area contributed by atoms with Gasteiger partial charge in [0.15, 0.2) is 11.4 Å². The monoisotopic (exact) mass is 478 g/mol. The van der Waals surface area contributed by atoms with E-state index in [2.05, 4.69) is 4.99 Å². The number of nitrogens with zero attached hydrogens (tertiary/aromatic N) is 2. The Balaban J connectivity index is 1.80. The number of allylic oxidation sites excluding steroid dienone is 1. The highest BCUT2D eigenvalue weighted by Gasteiger charge is 2.33. The second kappa shape index (κ2) is 9.88. The van der Waals surface area contributed by atoms with Crippen molar-refractivity contribution in [3.63, 3.8) is 0 Å². The zero-order valence-corrected chi connectivity index (χ0v) is 19.4. The molecule has 2 heterocycles. The summed E-state index contributed by atoms with van der Waals surface area (Å²) in [6, 6.07) is 15.4. The standard InChI is InChI=1S/C25H22N2O6S/c1-3-32-24(31)21-15(2)26-25-27(22(21)17-7-5-4-6-8-17)23(30)19(34-25)13-16-9-11-18(12-10-16)33-14-20(28)29/h4-13,22H,3,14H2,1-2H3,(H,28,29)/b19-13-/t22-/m0/s1. The first kappa shape index (κ1) is 23.2. The number of hydrogen-bond acceptors (Lipinski definition) is 7. The first-order chi connectivity index (χ1) is 16.4. The van der Waals surface area contributed by atoms with Crippen molar-refractivity contribution >= 4 is 29.4 Å². The van der Waals surface area contributed by atoms with Gasteiger partial charge in [-0.2, -0.15) is 0 Å². The summed E-state index contributed by atoms with van der Waals surface area (Å²) in [6.07, 6.45) is 1.73. The number of carbonyl (C=O) groups excluding carboxylic acids is 1. The fraction of sp³-hybridized carbons (Fsp3) is 0.200. The molecule has 8 nitrogen and oxygen atoms in total. The topological polar surface area (TPSA) is 107 Å². The van der Waals surface area contributed by atoms with Gasteiger partial charge in [0.1, 0.15) is 5.75 Å². The zero-order chi connectivity index (χ0) is 24.2. The SMILES string of the molecule is CCOC(=O)C1=C(C)N=c2s/c(=C\c3ccc(OCC(=O)O)cc3)c(=O)n2[C@H]1c1ccccc1. The Morgan fingerprint density at radius 2 is 1.85 bits per heavy atom.